The molecule has 0 spiro atoms. The van der Waals surface area contributed by atoms with Gasteiger partial charge in [-0.25, -0.2) is 4.39 Å². The highest BCUT2D eigenvalue weighted by Crippen LogP contribution is 2.29. The Morgan fingerprint density at radius 2 is 1.82 bits per heavy atom. The van der Waals surface area contributed by atoms with E-state index in [0.29, 0.717) is 16.2 Å². The molecule has 3 aromatic rings. The fraction of sp³-hybridized carbons (Fsp3) is 0.250. The molecule has 0 bridgehead atoms. The highest BCUT2D eigenvalue weighted by Gasteiger charge is 2.31. The van der Waals surface area contributed by atoms with Crippen LogP contribution >= 0.6 is 0 Å². The summed E-state index contributed by atoms with van der Waals surface area (Å²) < 4.78 is 65.7. The molecule has 0 fully saturated rings. The van der Waals surface area contributed by atoms with Crippen LogP contribution in [0.3, 0.4) is 0 Å². The first-order valence-electron chi connectivity index (χ1n) is 10.4. The maximum Gasteiger partial charge on any atom is 0.417 e. The second-order valence-electron chi connectivity index (χ2n) is 7.78. The van der Waals surface area contributed by atoms with Crippen molar-refractivity contribution in [3.8, 4) is 11.3 Å². The van der Waals surface area contributed by atoms with Crippen molar-refractivity contribution >= 4 is 17.3 Å². The lowest BCUT2D eigenvalue weighted by atomic mass is 10.1. The Kier molecular flexibility index (Phi) is 8.29. The van der Waals surface area contributed by atoms with Crippen molar-refractivity contribution in [3.05, 3.63) is 83.8 Å². The van der Waals surface area contributed by atoms with Crippen LogP contribution in [0.1, 0.15) is 25.0 Å². The third kappa shape index (κ3) is 6.78. The lowest BCUT2D eigenvalue weighted by Crippen LogP contribution is -2.44. The van der Waals surface area contributed by atoms with E-state index in [-0.39, 0.29) is 25.0 Å². The van der Waals surface area contributed by atoms with Crippen molar-refractivity contribution in [3.63, 3.8) is 0 Å². The van der Waals surface area contributed by atoms with Gasteiger partial charge in [0, 0.05) is 18.3 Å². The van der Waals surface area contributed by atoms with Crippen LogP contribution in [0, 0.1) is 5.82 Å². The lowest BCUT2D eigenvalue weighted by molar-refractivity contribution is -0.137. The number of hydrogen-bond donors (Lipinski definition) is 1. The standard InChI is InChI=1S/C24H23F4N3O2S/c1-16(2)31(34(33)21-9-7-20(25)8-10-21)15-23(32)30-13-17-4-3-5-18(12-17)22-11-6-19(14-29-22)24(26,27)28/h3-12,14,16H,13,15H2,1-2H3,(H,30,32). The van der Waals surface area contributed by atoms with Crippen molar-refractivity contribution < 1.29 is 26.9 Å². The Bertz CT molecular complexity index is 1110. The van der Waals surface area contributed by atoms with Crippen molar-refractivity contribution in [2.75, 3.05) is 6.54 Å². The summed E-state index contributed by atoms with van der Waals surface area (Å²) in [5.74, 6) is -0.800. The maximum atomic E-state index is 13.2. The zero-order valence-electron chi connectivity index (χ0n) is 18.5. The number of carbonyl (C=O) groups excluding carboxylic acids is 1. The number of amides is 1. The van der Waals surface area contributed by atoms with Crippen LogP contribution in [0.4, 0.5) is 17.6 Å². The van der Waals surface area contributed by atoms with Crippen LogP contribution in [-0.2, 0) is 28.9 Å². The molecule has 180 valence electrons. The molecule has 1 N–H and O–H groups in total. The van der Waals surface area contributed by atoms with E-state index >= 15 is 0 Å². The monoisotopic (exact) mass is 493 g/mol. The number of carbonyl (C=O) groups is 1. The number of benzene rings is 2. The van der Waals surface area contributed by atoms with E-state index in [9.17, 15) is 26.9 Å². The van der Waals surface area contributed by atoms with E-state index in [2.05, 4.69) is 10.3 Å². The zero-order chi connectivity index (χ0) is 24.9. The molecule has 1 heterocycles. The van der Waals surface area contributed by atoms with Gasteiger partial charge in [0.15, 0.2) is 4.90 Å². The van der Waals surface area contributed by atoms with Crippen molar-refractivity contribution in [2.45, 2.75) is 37.5 Å². The Labute approximate surface area is 198 Å². The summed E-state index contributed by atoms with van der Waals surface area (Å²) in [6.07, 6.45) is -3.67. The fourth-order valence-electron chi connectivity index (χ4n) is 3.09. The molecule has 1 amide bonds. The van der Waals surface area contributed by atoms with Gasteiger partial charge in [0.1, 0.15) is 12.4 Å². The lowest BCUT2D eigenvalue weighted by Gasteiger charge is -2.26. The van der Waals surface area contributed by atoms with Gasteiger partial charge in [0.05, 0.1) is 28.7 Å². The van der Waals surface area contributed by atoms with E-state index in [1.165, 1.54) is 34.6 Å². The topological polar surface area (TPSA) is 68.3 Å². The summed E-state index contributed by atoms with van der Waals surface area (Å²) in [6.45, 7) is 3.63. The second-order valence-corrected chi connectivity index (χ2v) is 9.22. The molecule has 1 unspecified atom stereocenters. The summed E-state index contributed by atoms with van der Waals surface area (Å²) in [5, 5.41) is 2.76. The summed E-state index contributed by atoms with van der Waals surface area (Å²) in [7, 11) is 0. The molecule has 2 aromatic carbocycles. The summed E-state index contributed by atoms with van der Waals surface area (Å²) in [5.41, 5.74) is 0.888. The first-order chi connectivity index (χ1) is 16.0. The van der Waals surface area contributed by atoms with Crippen molar-refractivity contribution in [1.29, 1.82) is 0 Å². The molecular weight excluding hydrogens is 470 g/mol. The van der Waals surface area contributed by atoms with Gasteiger partial charge in [0.25, 0.3) is 0 Å². The van der Waals surface area contributed by atoms with Gasteiger partial charge in [-0.3, -0.25) is 9.78 Å². The number of nitrogens with zero attached hydrogens (tertiary/aromatic N) is 2. The largest absolute Gasteiger partial charge is 0.593 e. The van der Waals surface area contributed by atoms with Crippen molar-refractivity contribution in [1.82, 2.24) is 14.6 Å². The maximum absolute atomic E-state index is 13.2. The molecule has 5 nitrogen and oxygen atoms in total. The number of pyridine rings is 1. The fourth-order valence-corrected chi connectivity index (χ4v) is 4.35. The number of alkyl halides is 3. The molecule has 34 heavy (non-hydrogen) atoms. The minimum Gasteiger partial charge on any atom is -0.593 e. The van der Waals surface area contributed by atoms with E-state index in [1.807, 2.05) is 0 Å². The summed E-state index contributed by atoms with van der Waals surface area (Å²) >= 11 is -1.65. The average Bonchev–Trinajstić information content (AvgIpc) is 2.81. The molecular formula is C24H23F4N3O2S. The second kappa shape index (κ2) is 11.0. The molecule has 3 rings (SSSR count). The molecule has 0 radical (unpaired) electrons. The van der Waals surface area contributed by atoms with Gasteiger partial charge < -0.3 is 9.87 Å². The molecule has 0 aliphatic heterocycles. The smallest absolute Gasteiger partial charge is 0.417 e. The highest BCUT2D eigenvalue weighted by molar-refractivity contribution is 7.89. The SMILES string of the molecule is CC(C)N(CC(=O)NCc1cccc(-c2ccc(C(F)(F)F)cn2)c1)[S+]([O-])c1ccc(F)cc1. The van der Waals surface area contributed by atoms with Crippen LogP contribution in [-0.4, -0.2) is 32.3 Å². The third-order valence-corrected chi connectivity index (χ3v) is 6.56. The molecule has 0 aliphatic carbocycles. The van der Waals surface area contributed by atoms with E-state index < -0.39 is 28.9 Å². The van der Waals surface area contributed by atoms with E-state index in [4.69, 9.17) is 0 Å². The Balaban J connectivity index is 1.63. The van der Waals surface area contributed by atoms with Crippen LogP contribution in [0.25, 0.3) is 11.3 Å². The molecule has 10 heteroatoms. The van der Waals surface area contributed by atoms with Gasteiger partial charge >= 0.3 is 6.18 Å². The van der Waals surface area contributed by atoms with Crippen LogP contribution < -0.4 is 5.32 Å². The number of halogens is 4. The molecule has 0 aliphatic rings. The Morgan fingerprint density at radius 3 is 2.41 bits per heavy atom. The van der Waals surface area contributed by atoms with Gasteiger partial charge in [-0.2, -0.15) is 13.2 Å². The minimum absolute atomic E-state index is 0.137. The number of nitrogens with one attached hydrogen (secondary N) is 1. The average molecular weight is 494 g/mol. The van der Waals surface area contributed by atoms with Crippen molar-refractivity contribution in [2.24, 2.45) is 0 Å². The molecule has 1 aromatic heterocycles. The number of rotatable bonds is 8. The van der Waals surface area contributed by atoms with E-state index in [0.717, 1.165) is 17.8 Å². The number of aromatic nitrogens is 1. The molecule has 1 atom stereocenters. The number of hydrogen-bond acceptors (Lipinski definition) is 4. The predicted molar refractivity (Wildman–Crippen MR) is 121 cm³/mol. The quantitative estimate of drug-likeness (QED) is 0.356. The summed E-state index contributed by atoms with van der Waals surface area (Å²) in [6, 6.07) is 14.2. The minimum atomic E-state index is -4.46. The first kappa shape index (κ1) is 25.7. The summed E-state index contributed by atoms with van der Waals surface area (Å²) in [4.78, 5) is 16.8. The predicted octanol–water partition coefficient (Wildman–Crippen LogP) is 4.96. The Morgan fingerprint density at radius 1 is 1.12 bits per heavy atom. The Hall–Kier alpha value is -2.95. The zero-order valence-corrected chi connectivity index (χ0v) is 19.3. The normalized spacial score (nSPS) is 12.7. The van der Waals surface area contributed by atoms with E-state index in [1.54, 1.807) is 38.1 Å². The van der Waals surface area contributed by atoms with Crippen LogP contribution in [0.2, 0.25) is 0 Å². The highest BCUT2D eigenvalue weighted by atomic mass is 32.2. The van der Waals surface area contributed by atoms with Gasteiger partial charge in [-0.1, -0.05) is 18.2 Å². The van der Waals surface area contributed by atoms with Gasteiger partial charge in [-0.05, 0) is 61.9 Å². The van der Waals surface area contributed by atoms with Gasteiger partial charge in [-0.15, -0.1) is 4.31 Å². The van der Waals surface area contributed by atoms with Crippen LogP contribution in [0.5, 0.6) is 0 Å². The third-order valence-electron chi connectivity index (χ3n) is 4.91. The first-order valence-corrected chi connectivity index (χ1v) is 11.5. The molecule has 0 saturated carbocycles. The van der Waals surface area contributed by atoms with Crippen LogP contribution in [0.15, 0.2) is 71.8 Å². The van der Waals surface area contributed by atoms with Gasteiger partial charge in [0.2, 0.25) is 5.91 Å². The molecule has 0 saturated heterocycles.